The van der Waals surface area contributed by atoms with Crippen LogP contribution in [-0.4, -0.2) is 64.3 Å². The van der Waals surface area contributed by atoms with Gasteiger partial charge in [0.15, 0.2) is 5.96 Å². The van der Waals surface area contributed by atoms with E-state index in [9.17, 15) is 0 Å². The average molecular weight is 450 g/mol. The van der Waals surface area contributed by atoms with Gasteiger partial charge in [-0.05, 0) is 32.6 Å². The number of nitrogens with one attached hydrogen (secondary N) is 2. The third-order valence-electron chi connectivity index (χ3n) is 3.48. The number of likely N-dealkylation sites (N-methyl/N-ethyl adjacent to an activating group) is 1. The van der Waals surface area contributed by atoms with Crippen LogP contribution >= 0.6 is 24.0 Å². The number of hydrogen-bond donors (Lipinski definition) is 2. The van der Waals surface area contributed by atoms with Gasteiger partial charge in [0.2, 0.25) is 0 Å². The molecule has 7 heteroatoms. The Morgan fingerprint density at radius 3 is 2.62 bits per heavy atom. The fourth-order valence-electron chi connectivity index (χ4n) is 1.93. The van der Waals surface area contributed by atoms with Crippen LogP contribution in [-0.2, 0) is 0 Å². The molecule has 1 unspecified atom stereocenters. The molecule has 0 saturated heterocycles. The highest BCUT2D eigenvalue weighted by Gasteiger charge is 2.06. The first-order valence-corrected chi connectivity index (χ1v) is 8.02. The van der Waals surface area contributed by atoms with Crippen LogP contribution in [0.15, 0.2) is 29.3 Å². The van der Waals surface area contributed by atoms with Crippen LogP contribution in [0.5, 0.6) is 11.5 Å². The maximum atomic E-state index is 5.88. The van der Waals surface area contributed by atoms with Gasteiger partial charge >= 0.3 is 0 Å². The highest BCUT2D eigenvalue weighted by Crippen LogP contribution is 2.19. The number of aliphatic imine (C=N–C) groups is 1. The zero-order valence-electron chi connectivity index (χ0n) is 15.3. The molecule has 1 atom stereocenters. The van der Waals surface area contributed by atoms with Crippen molar-refractivity contribution in [2.24, 2.45) is 4.99 Å². The van der Waals surface area contributed by atoms with Crippen molar-refractivity contribution in [1.82, 2.24) is 15.5 Å². The monoisotopic (exact) mass is 450 g/mol. The van der Waals surface area contributed by atoms with Crippen molar-refractivity contribution >= 4 is 29.9 Å². The third-order valence-corrected chi connectivity index (χ3v) is 3.48. The van der Waals surface area contributed by atoms with Gasteiger partial charge in [-0.25, -0.2) is 0 Å². The van der Waals surface area contributed by atoms with Crippen molar-refractivity contribution < 1.29 is 9.47 Å². The molecule has 0 saturated carbocycles. The summed E-state index contributed by atoms with van der Waals surface area (Å²) < 4.78 is 11.1. The Kier molecular flexibility index (Phi) is 12.4. The predicted molar refractivity (Wildman–Crippen MR) is 111 cm³/mol. The first-order chi connectivity index (χ1) is 11.1. The lowest BCUT2D eigenvalue weighted by atomic mass is 10.3. The number of rotatable bonds is 9. The van der Waals surface area contributed by atoms with Crippen molar-refractivity contribution in [3.8, 4) is 11.5 Å². The number of nitrogens with zero attached hydrogens (tertiary/aromatic N) is 2. The first kappa shape index (κ1) is 22.8. The molecular formula is C17H31IN4O2. The van der Waals surface area contributed by atoms with Gasteiger partial charge in [0.25, 0.3) is 0 Å². The number of hydrogen-bond acceptors (Lipinski definition) is 4. The van der Waals surface area contributed by atoms with Crippen molar-refractivity contribution in [1.29, 1.82) is 0 Å². The van der Waals surface area contributed by atoms with Crippen molar-refractivity contribution in [2.45, 2.75) is 20.0 Å². The molecule has 0 bridgehead atoms. The number of ether oxygens (including phenoxy) is 2. The smallest absolute Gasteiger partial charge is 0.191 e. The van der Waals surface area contributed by atoms with E-state index < -0.39 is 0 Å². The first-order valence-electron chi connectivity index (χ1n) is 8.02. The molecular weight excluding hydrogens is 419 g/mol. The molecule has 6 nitrogen and oxygen atoms in total. The van der Waals surface area contributed by atoms with Crippen LogP contribution in [0, 0.1) is 0 Å². The van der Waals surface area contributed by atoms with E-state index in [2.05, 4.69) is 34.5 Å². The Hall–Kier alpha value is -1.22. The maximum Gasteiger partial charge on any atom is 0.191 e. The molecule has 0 amide bonds. The van der Waals surface area contributed by atoms with E-state index >= 15 is 0 Å². The minimum absolute atomic E-state index is 0. The molecule has 24 heavy (non-hydrogen) atoms. The molecule has 0 aliphatic rings. The lowest BCUT2D eigenvalue weighted by Gasteiger charge is -2.19. The summed E-state index contributed by atoms with van der Waals surface area (Å²) in [5.41, 5.74) is 0. The summed E-state index contributed by atoms with van der Waals surface area (Å²) in [6.07, 6.45) is 0.0129. The Morgan fingerprint density at radius 1 is 1.29 bits per heavy atom. The van der Waals surface area contributed by atoms with Gasteiger partial charge in [0.05, 0.1) is 13.7 Å². The van der Waals surface area contributed by atoms with Gasteiger partial charge in [-0.1, -0.05) is 13.0 Å². The van der Waals surface area contributed by atoms with Gasteiger partial charge in [-0.2, -0.15) is 0 Å². The Bertz CT molecular complexity index is 485. The molecule has 2 N–H and O–H groups in total. The molecule has 1 aromatic rings. The lowest BCUT2D eigenvalue weighted by Crippen LogP contribution is -2.44. The van der Waals surface area contributed by atoms with Crippen molar-refractivity contribution in [3.63, 3.8) is 0 Å². The highest BCUT2D eigenvalue weighted by atomic mass is 127. The fourth-order valence-corrected chi connectivity index (χ4v) is 1.93. The summed E-state index contributed by atoms with van der Waals surface area (Å²) >= 11 is 0. The molecule has 0 heterocycles. The number of guanidine groups is 1. The lowest BCUT2D eigenvalue weighted by molar-refractivity contribution is 0.223. The van der Waals surface area contributed by atoms with Gasteiger partial charge in [-0.3, -0.25) is 4.99 Å². The minimum atomic E-state index is 0. The van der Waals surface area contributed by atoms with Crippen LogP contribution in [0.4, 0.5) is 0 Å². The summed E-state index contributed by atoms with van der Waals surface area (Å²) in [4.78, 5) is 6.46. The normalized spacial score (nSPS) is 12.3. The molecule has 0 spiro atoms. The topological polar surface area (TPSA) is 58.1 Å². The molecule has 138 valence electrons. The Labute approximate surface area is 163 Å². The van der Waals surface area contributed by atoms with Gasteiger partial charge in [-0.15, -0.1) is 24.0 Å². The van der Waals surface area contributed by atoms with Crippen LogP contribution in [0.25, 0.3) is 0 Å². The fraction of sp³-hybridized carbons (Fsp3) is 0.588. The van der Waals surface area contributed by atoms with Gasteiger partial charge in [0, 0.05) is 26.2 Å². The van der Waals surface area contributed by atoms with Gasteiger partial charge in [0.1, 0.15) is 17.6 Å². The zero-order chi connectivity index (χ0) is 17.1. The molecule has 0 aliphatic heterocycles. The maximum absolute atomic E-state index is 5.88. The number of methoxy groups -OCH3 is 1. The summed E-state index contributed by atoms with van der Waals surface area (Å²) in [6, 6.07) is 7.62. The highest BCUT2D eigenvalue weighted by molar-refractivity contribution is 14.0. The second-order valence-electron chi connectivity index (χ2n) is 5.38. The molecule has 0 aromatic heterocycles. The van der Waals surface area contributed by atoms with Crippen LogP contribution in [0.2, 0.25) is 0 Å². The number of benzene rings is 1. The Balaban J connectivity index is 0.00000529. The summed E-state index contributed by atoms with van der Waals surface area (Å²) in [7, 11) is 5.52. The zero-order valence-corrected chi connectivity index (χ0v) is 17.7. The van der Waals surface area contributed by atoms with E-state index in [1.54, 1.807) is 14.2 Å². The summed E-state index contributed by atoms with van der Waals surface area (Å²) in [6.45, 7) is 7.71. The minimum Gasteiger partial charge on any atom is -0.497 e. The second-order valence-corrected chi connectivity index (χ2v) is 5.38. The standard InChI is InChI=1S/C17H30N4O2.HI/c1-6-21(4)11-10-19-17(18-3)20-13-14(2)23-16-9-7-8-15(12-16)22-5;/h7-9,12,14H,6,10-11,13H2,1-5H3,(H2,18,19,20);1H. The van der Waals surface area contributed by atoms with E-state index in [-0.39, 0.29) is 30.1 Å². The second kappa shape index (κ2) is 13.1. The molecule has 0 aliphatic carbocycles. The summed E-state index contributed by atoms with van der Waals surface area (Å²) in [5.74, 6) is 2.38. The summed E-state index contributed by atoms with van der Waals surface area (Å²) in [5, 5.41) is 6.57. The van der Waals surface area contributed by atoms with Gasteiger partial charge < -0.3 is 25.0 Å². The van der Waals surface area contributed by atoms with E-state index in [4.69, 9.17) is 9.47 Å². The van der Waals surface area contributed by atoms with E-state index in [0.717, 1.165) is 37.1 Å². The van der Waals surface area contributed by atoms with Crippen LogP contribution < -0.4 is 20.1 Å². The quantitative estimate of drug-likeness (QED) is 0.343. The number of halogens is 1. The van der Waals surface area contributed by atoms with Crippen LogP contribution in [0.1, 0.15) is 13.8 Å². The van der Waals surface area contributed by atoms with Crippen molar-refractivity contribution in [2.75, 3.05) is 47.4 Å². The molecule has 0 radical (unpaired) electrons. The SMILES string of the molecule is CCN(C)CCNC(=NC)NCC(C)Oc1cccc(OC)c1.I. The molecule has 1 rings (SSSR count). The van der Waals surface area contributed by atoms with Crippen molar-refractivity contribution in [3.05, 3.63) is 24.3 Å². The Morgan fingerprint density at radius 2 is 2.00 bits per heavy atom. The van der Waals surface area contributed by atoms with Crippen LogP contribution in [0.3, 0.4) is 0 Å². The average Bonchev–Trinajstić information content (AvgIpc) is 2.57. The molecule has 1 aromatic carbocycles. The molecule has 0 fully saturated rings. The predicted octanol–water partition coefficient (Wildman–Crippen LogP) is 2.20. The largest absolute Gasteiger partial charge is 0.497 e. The van der Waals surface area contributed by atoms with E-state index in [0.29, 0.717) is 6.54 Å². The van der Waals surface area contributed by atoms with E-state index in [1.807, 2.05) is 31.2 Å². The van der Waals surface area contributed by atoms with E-state index in [1.165, 1.54) is 0 Å². The third kappa shape index (κ3) is 9.17.